The summed E-state index contributed by atoms with van der Waals surface area (Å²) in [6.07, 6.45) is 7.29. The highest BCUT2D eigenvalue weighted by molar-refractivity contribution is 7.89. The summed E-state index contributed by atoms with van der Waals surface area (Å²) in [5.74, 6) is 2.73. The first-order valence-electron chi connectivity index (χ1n) is 6.12. The summed E-state index contributed by atoms with van der Waals surface area (Å²) in [4.78, 5) is -0.0610. The van der Waals surface area contributed by atoms with Gasteiger partial charge in [-0.1, -0.05) is 17.5 Å². The molecule has 0 amide bonds. The molecule has 20 heavy (non-hydrogen) atoms. The highest BCUT2D eigenvalue weighted by Gasteiger charge is 2.32. The molecule has 0 saturated heterocycles. The number of benzene rings is 1. The Morgan fingerprint density at radius 3 is 2.70 bits per heavy atom. The summed E-state index contributed by atoms with van der Waals surface area (Å²) in [6, 6.07) is 6.09. The smallest absolute Gasteiger partial charge is 0.207 e. The second-order valence-corrected chi connectivity index (χ2v) is 7.02. The first kappa shape index (κ1) is 14.9. The Kier molecular flexibility index (Phi) is 4.35. The molecule has 1 aliphatic carbocycles. The molecular formula is C14H13ClN2O2S. The van der Waals surface area contributed by atoms with Gasteiger partial charge >= 0.3 is 0 Å². The van der Waals surface area contributed by atoms with Crippen LogP contribution in [0.5, 0.6) is 0 Å². The number of nitrogens with zero attached hydrogens (tertiary/aromatic N) is 2. The maximum Gasteiger partial charge on any atom is 0.245 e. The number of sulfonamides is 1. The summed E-state index contributed by atoms with van der Waals surface area (Å²) < 4.78 is 26.5. The van der Waals surface area contributed by atoms with Crippen LogP contribution >= 0.6 is 11.6 Å². The van der Waals surface area contributed by atoms with E-state index in [2.05, 4.69) is 5.92 Å². The second kappa shape index (κ2) is 5.85. The van der Waals surface area contributed by atoms with Crippen molar-refractivity contribution in [2.24, 2.45) is 5.92 Å². The molecule has 0 unspecified atom stereocenters. The summed E-state index contributed by atoms with van der Waals surface area (Å²) in [6.45, 7) is 0.408. The zero-order valence-electron chi connectivity index (χ0n) is 10.7. The van der Waals surface area contributed by atoms with E-state index < -0.39 is 10.0 Å². The fraction of sp³-hybridized carbons (Fsp3) is 0.357. The molecule has 1 aromatic rings. The normalized spacial score (nSPS) is 14.8. The van der Waals surface area contributed by atoms with Crippen LogP contribution in [0.1, 0.15) is 18.4 Å². The lowest BCUT2D eigenvalue weighted by Gasteiger charge is -2.20. The number of halogens is 1. The van der Waals surface area contributed by atoms with Crippen molar-refractivity contribution in [3.05, 3.63) is 28.8 Å². The van der Waals surface area contributed by atoms with Crippen molar-refractivity contribution in [3.8, 4) is 18.4 Å². The molecule has 0 spiro atoms. The Hall–Kier alpha value is -1.53. The van der Waals surface area contributed by atoms with Crippen LogP contribution in [-0.4, -0.2) is 25.8 Å². The molecule has 104 valence electrons. The largest absolute Gasteiger partial charge is 0.245 e. The van der Waals surface area contributed by atoms with E-state index in [0.717, 1.165) is 12.8 Å². The van der Waals surface area contributed by atoms with Gasteiger partial charge in [0.2, 0.25) is 10.0 Å². The summed E-state index contributed by atoms with van der Waals surface area (Å²) >= 11 is 5.97. The molecule has 0 aromatic heterocycles. The van der Waals surface area contributed by atoms with Crippen molar-refractivity contribution >= 4 is 21.6 Å². The van der Waals surface area contributed by atoms with E-state index in [1.807, 2.05) is 6.07 Å². The average molecular weight is 309 g/mol. The van der Waals surface area contributed by atoms with Crippen LogP contribution in [-0.2, 0) is 10.0 Å². The third-order valence-corrected chi connectivity index (χ3v) is 5.40. The number of hydrogen-bond acceptors (Lipinski definition) is 3. The maximum atomic E-state index is 12.6. The predicted molar refractivity (Wildman–Crippen MR) is 76.5 cm³/mol. The van der Waals surface area contributed by atoms with Gasteiger partial charge in [-0.15, -0.1) is 6.42 Å². The van der Waals surface area contributed by atoms with Crippen molar-refractivity contribution in [3.63, 3.8) is 0 Å². The molecule has 4 nitrogen and oxygen atoms in total. The highest BCUT2D eigenvalue weighted by atomic mass is 35.5. The monoisotopic (exact) mass is 308 g/mol. The van der Waals surface area contributed by atoms with Gasteiger partial charge in [0.15, 0.2) is 0 Å². The molecule has 0 aliphatic heterocycles. The standard InChI is InChI=1S/C14H13ClN2O2S/c1-2-7-17(10-11-3-4-11)20(18,19)14-8-12(9-16)5-6-13(14)15/h1,5-6,8,11H,3-4,7,10H2. The fourth-order valence-electron chi connectivity index (χ4n) is 1.85. The quantitative estimate of drug-likeness (QED) is 0.784. The van der Waals surface area contributed by atoms with Crippen LogP contribution in [0.25, 0.3) is 0 Å². The van der Waals surface area contributed by atoms with E-state index in [1.165, 1.54) is 22.5 Å². The van der Waals surface area contributed by atoms with E-state index in [1.54, 1.807) is 0 Å². The van der Waals surface area contributed by atoms with Gasteiger partial charge in [-0.05, 0) is 37.0 Å². The number of hydrogen-bond donors (Lipinski definition) is 0. The second-order valence-electron chi connectivity index (χ2n) is 4.70. The Labute approximate surface area is 124 Å². The molecule has 1 aliphatic rings. The molecule has 0 heterocycles. The molecule has 0 radical (unpaired) electrons. The number of terminal acetylenes is 1. The predicted octanol–water partition coefficient (Wildman–Crippen LogP) is 2.25. The minimum atomic E-state index is -3.77. The minimum absolute atomic E-state index is 0.00590. The van der Waals surface area contributed by atoms with Crippen molar-refractivity contribution in [1.29, 1.82) is 5.26 Å². The molecule has 0 atom stereocenters. The number of rotatable bonds is 5. The first-order valence-corrected chi connectivity index (χ1v) is 7.94. The van der Waals surface area contributed by atoms with Gasteiger partial charge in [0, 0.05) is 6.54 Å². The molecule has 0 bridgehead atoms. The van der Waals surface area contributed by atoms with Gasteiger partial charge in [0.25, 0.3) is 0 Å². The lowest BCUT2D eigenvalue weighted by atomic mass is 10.2. The van der Waals surface area contributed by atoms with Crippen LogP contribution in [0.2, 0.25) is 5.02 Å². The average Bonchev–Trinajstić information content (AvgIpc) is 3.22. The van der Waals surface area contributed by atoms with E-state index in [4.69, 9.17) is 23.3 Å². The molecule has 1 aromatic carbocycles. The SMILES string of the molecule is C#CCN(CC1CC1)S(=O)(=O)c1cc(C#N)ccc1Cl. The summed E-state index contributed by atoms with van der Waals surface area (Å²) in [7, 11) is -3.77. The fourth-order valence-corrected chi connectivity index (χ4v) is 3.78. The Bertz CT molecular complexity index is 697. The topological polar surface area (TPSA) is 61.2 Å². The summed E-state index contributed by atoms with van der Waals surface area (Å²) in [5, 5.41) is 8.98. The zero-order valence-corrected chi connectivity index (χ0v) is 12.3. The van der Waals surface area contributed by atoms with Gasteiger partial charge in [0.1, 0.15) is 4.90 Å². The highest BCUT2D eigenvalue weighted by Crippen LogP contribution is 2.33. The molecule has 1 fully saturated rings. The van der Waals surface area contributed by atoms with E-state index in [-0.39, 0.29) is 22.0 Å². The van der Waals surface area contributed by atoms with Crippen LogP contribution in [0.15, 0.2) is 23.1 Å². The van der Waals surface area contributed by atoms with Gasteiger partial charge in [0.05, 0.1) is 23.2 Å². The van der Waals surface area contributed by atoms with Gasteiger partial charge in [-0.3, -0.25) is 0 Å². The lowest BCUT2D eigenvalue weighted by molar-refractivity contribution is 0.430. The van der Waals surface area contributed by atoms with Crippen LogP contribution in [0, 0.1) is 29.6 Å². The Balaban J connectivity index is 2.41. The molecule has 6 heteroatoms. The first-order chi connectivity index (χ1) is 9.48. The Morgan fingerprint density at radius 1 is 1.45 bits per heavy atom. The lowest BCUT2D eigenvalue weighted by Crippen LogP contribution is -2.33. The zero-order chi connectivity index (χ0) is 14.8. The number of nitriles is 1. The van der Waals surface area contributed by atoms with Crippen molar-refractivity contribution in [2.75, 3.05) is 13.1 Å². The van der Waals surface area contributed by atoms with Crippen molar-refractivity contribution < 1.29 is 8.42 Å². The van der Waals surface area contributed by atoms with E-state index in [9.17, 15) is 8.42 Å². The molecule has 1 saturated carbocycles. The van der Waals surface area contributed by atoms with Crippen molar-refractivity contribution in [2.45, 2.75) is 17.7 Å². The van der Waals surface area contributed by atoms with Gasteiger partial charge in [-0.2, -0.15) is 9.57 Å². The minimum Gasteiger partial charge on any atom is -0.207 e. The molecule has 0 N–H and O–H groups in total. The van der Waals surface area contributed by atoms with Crippen LogP contribution in [0.4, 0.5) is 0 Å². The molecule has 2 rings (SSSR count). The Morgan fingerprint density at radius 2 is 2.15 bits per heavy atom. The maximum absolute atomic E-state index is 12.6. The summed E-state index contributed by atoms with van der Waals surface area (Å²) in [5.41, 5.74) is 0.250. The molecular weight excluding hydrogens is 296 g/mol. The van der Waals surface area contributed by atoms with E-state index >= 15 is 0 Å². The third kappa shape index (κ3) is 3.13. The van der Waals surface area contributed by atoms with Gasteiger partial charge in [-0.25, -0.2) is 8.42 Å². The van der Waals surface area contributed by atoms with Gasteiger partial charge < -0.3 is 0 Å². The van der Waals surface area contributed by atoms with E-state index in [0.29, 0.717) is 12.5 Å². The third-order valence-electron chi connectivity index (χ3n) is 3.10. The van der Waals surface area contributed by atoms with Crippen LogP contribution in [0.3, 0.4) is 0 Å². The van der Waals surface area contributed by atoms with Crippen LogP contribution < -0.4 is 0 Å². The van der Waals surface area contributed by atoms with Crippen molar-refractivity contribution in [1.82, 2.24) is 4.31 Å².